The summed E-state index contributed by atoms with van der Waals surface area (Å²) in [7, 11) is 0. The maximum absolute atomic E-state index is 11.9. The monoisotopic (exact) mass is 433 g/mol. The van der Waals surface area contributed by atoms with Crippen LogP contribution in [0.2, 0.25) is 0 Å². The van der Waals surface area contributed by atoms with E-state index in [2.05, 4.69) is 0 Å². The Morgan fingerprint density at radius 3 is 1.50 bits per heavy atom. The smallest absolute Gasteiger partial charge is 0.344 e. The highest BCUT2D eigenvalue weighted by Gasteiger charge is 2.10. The number of carbonyl (C=O) groups excluding carboxylic acids is 3. The molecular formula is C25H21O7. The molecule has 1 radical (unpaired) electrons. The molecule has 0 bridgehead atoms. The third kappa shape index (κ3) is 7.60. The molecule has 0 spiro atoms. The van der Waals surface area contributed by atoms with Gasteiger partial charge in [-0.2, -0.15) is 0 Å². The third-order valence-electron chi connectivity index (χ3n) is 4.20. The first-order valence-electron chi connectivity index (χ1n) is 9.80. The van der Waals surface area contributed by atoms with Crippen molar-refractivity contribution in [3.05, 3.63) is 95.6 Å². The summed E-state index contributed by atoms with van der Waals surface area (Å²) in [6.45, 7) is -0.448. The van der Waals surface area contributed by atoms with E-state index in [1.54, 1.807) is 6.29 Å². The number of hydrogen-bond acceptors (Lipinski definition) is 7. The van der Waals surface area contributed by atoms with E-state index in [-0.39, 0.29) is 43.5 Å². The molecule has 0 fully saturated rings. The van der Waals surface area contributed by atoms with Crippen LogP contribution in [-0.4, -0.2) is 31.4 Å². The van der Waals surface area contributed by atoms with Gasteiger partial charge in [0.15, 0.2) is 13.2 Å². The fourth-order valence-corrected chi connectivity index (χ4v) is 2.64. The Bertz CT molecular complexity index is 955. The van der Waals surface area contributed by atoms with Gasteiger partial charge in [0.1, 0.15) is 24.7 Å². The van der Waals surface area contributed by atoms with Crippen molar-refractivity contribution in [3.8, 4) is 11.5 Å². The van der Waals surface area contributed by atoms with Crippen molar-refractivity contribution in [2.24, 2.45) is 0 Å². The molecule has 0 aliphatic carbocycles. The molecule has 0 atom stereocenters. The average molecular weight is 433 g/mol. The summed E-state index contributed by atoms with van der Waals surface area (Å²) in [6, 6.07) is 22.7. The molecule has 0 amide bonds. The Hall–Kier alpha value is -4.13. The van der Waals surface area contributed by atoms with Crippen molar-refractivity contribution in [3.63, 3.8) is 0 Å². The third-order valence-corrected chi connectivity index (χ3v) is 4.20. The molecule has 0 aromatic heterocycles. The van der Waals surface area contributed by atoms with Crippen LogP contribution in [0.15, 0.2) is 78.9 Å². The van der Waals surface area contributed by atoms with Gasteiger partial charge in [-0.1, -0.05) is 60.7 Å². The van der Waals surface area contributed by atoms with E-state index in [4.69, 9.17) is 18.9 Å². The minimum Gasteiger partial charge on any atom is -0.482 e. The van der Waals surface area contributed by atoms with Crippen molar-refractivity contribution < 1.29 is 33.3 Å². The fourth-order valence-electron chi connectivity index (χ4n) is 2.64. The van der Waals surface area contributed by atoms with Crippen molar-refractivity contribution in [1.82, 2.24) is 0 Å². The lowest BCUT2D eigenvalue weighted by molar-refractivity contribution is -0.148. The van der Waals surface area contributed by atoms with E-state index in [0.717, 1.165) is 11.1 Å². The Morgan fingerprint density at radius 2 is 1.09 bits per heavy atom. The standard InChI is InChI=1S/C25H21O7/c26-14-21-11-22(29-17-24(27)31-15-19-7-3-1-4-8-19)13-23(12-21)30-18-25(28)32-16-20-9-5-2-6-10-20/h1-13H,15-18H2. The van der Waals surface area contributed by atoms with Crippen LogP contribution in [0.4, 0.5) is 0 Å². The van der Waals surface area contributed by atoms with Crippen LogP contribution >= 0.6 is 0 Å². The lowest BCUT2D eigenvalue weighted by Crippen LogP contribution is -2.16. The molecule has 0 heterocycles. The van der Waals surface area contributed by atoms with Gasteiger partial charge >= 0.3 is 11.9 Å². The molecule has 0 saturated carbocycles. The number of benzene rings is 3. The van der Waals surface area contributed by atoms with E-state index in [0.29, 0.717) is 0 Å². The second-order valence-corrected chi connectivity index (χ2v) is 6.67. The summed E-state index contributed by atoms with van der Waals surface area (Å²) in [5.41, 5.74) is 1.86. The molecule has 0 N–H and O–H groups in total. The van der Waals surface area contributed by atoms with E-state index in [1.165, 1.54) is 18.2 Å². The van der Waals surface area contributed by atoms with Crippen molar-refractivity contribution >= 4 is 18.2 Å². The number of esters is 2. The Morgan fingerprint density at radius 1 is 0.656 bits per heavy atom. The van der Waals surface area contributed by atoms with Crippen molar-refractivity contribution in [2.75, 3.05) is 13.2 Å². The Labute approximate surface area is 185 Å². The highest BCUT2D eigenvalue weighted by Crippen LogP contribution is 2.22. The number of carbonyl (C=O) groups is 2. The van der Waals surface area contributed by atoms with Crippen molar-refractivity contribution in [1.29, 1.82) is 0 Å². The SMILES string of the molecule is O=[C]c1cc(OCC(=O)OCc2ccccc2)cc(OCC(=O)OCc2ccccc2)c1. The highest BCUT2D eigenvalue weighted by atomic mass is 16.6. The van der Waals surface area contributed by atoms with Crippen LogP contribution in [0.3, 0.4) is 0 Å². The van der Waals surface area contributed by atoms with Gasteiger partial charge in [-0.3, -0.25) is 4.79 Å². The molecule has 0 unspecified atom stereocenters. The zero-order valence-electron chi connectivity index (χ0n) is 17.2. The molecule has 0 aliphatic rings. The van der Waals surface area contributed by atoms with Crippen LogP contribution in [0.25, 0.3) is 0 Å². The molecule has 3 aromatic carbocycles. The summed E-state index contributed by atoms with van der Waals surface area (Å²) in [6.07, 6.45) is 1.73. The van der Waals surface area contributed by atoms with Gasteiger partial charge in [0.25, 0.3) is 0 Å². The molecule has 163 valence electrons. The Balaban J connectivity index is 1.48. The molecule has 7 heteroatoms. The normalized spacial score (nSPS) is 10.1. The summed E-state index contributed by atoms with van der Waals surface area (Å²) in [4.78, 5) is 34.9. The molecule has 7 nitrogen and oxygen atoms in total. The average Bonchev–Trinajstić information content (AvgIpc) is 2.84. The Kier molecular flexibility index (Phi) is 8.39. The molecule has 3 aromatic rings. The van der Waals surface area contributed by atoms with Crippen LogP contribution in [0.5, 0.6) is 11.5 Å². The predicted molar refractivity (Wildman–Crippen MR) is 115 cm³/mol. The van der Waals surface area contributed by atoms with Crippen LogP contribution in [0, 0.1) is 0 Å². The maximum atomic E-state index is 11.9. The number of ether oxygens (including phenoxy) is 4. The van der Waals surface area contributed by atoms with Gasteiger partial charge in [0.05, 0.1) is 0 Å². The molecule has 32 heavy (non-hydrogen) atoms. The van der Waals surface area contributed by atoms with Crippen LogP contribution in [-0.2, 0) is 37.1 Å². The summed E-state index contributed by atoms with van der Waals surface area (Å²) >= 11 is 0. The molecule has 0 saturated heterocycles. The first-order chi connectivity index (χ1) is 15.6. The summed E-state index contributed by atoms with van der Waals surface area (Å²) < 4.78 is 21.1. The lowest BCUT2D eigenvalue weighted by Gasteiger charge is -2.11. The fraction of sp³-hybridized carbons (Fsp3) is 0.160. The van der Waals surface area contributed by atoms with Gasteiger partial charge in [0.2, 0.25) is 6.29 Å². The van der Waals surface area contributed by atoms with Crippen LogP contribution in [0.1, 0.15) is 16.7 Å². The second kappa shape index (κ2) is 11.9. The van der Waals surface area contributed by atoms with Gasteiger partial charge in [-0.25, -0.2) is 9.59 Å². The number of hydrogen-bond donors (Lipinski definition) is 0. The lowest BCUT2D eigenvalue weighted by atomic mass is 10.2. The first-order valence-corrected chi connectivity index (χ1v) is 9.80. The zero-order valence-corrected chi connectivity index (χ0v) is 17.2. The second-order valence-electron chi connectivity index (χ2n) is 6.67. The molecule has 3 rings (SSSR count). The molecular weight excluding hydrogens is 412 g/mol. The van der Waals surface area contributed by atoms with Gasteiger partial charge in [-0.05, 0) is 23.3 Å². The zero-order chi connectivity index (χ0) is 22.6. The van der Waals surface area contributed by atoms with Crippen molar-refractivity contribution in [2.45, 2.75) is 13.2 Å². The minimum atomic E-state index is -0.568. The van der Waals surface area contributed by atoms with Crippen LogP contribution < -0.4 is 9.47 Å². The highest BCUT2D eigenvalue weighted by molar-refractivity contribution is 5.77. The van der Waals surface area contributed by atoms with E-state index in [1.807, 2.05) is 60.7 Å². The van der Waals surface area contributed by atoms with E-state index in [9.17, 15) is 14.4 Å². The van der Waals surface area contributed by atoms with Gasteiger partial charge in [0, 0.05) is 11.6 Å². The topological polar surface area (TPSA) is 88.1 Å². The quantitative estimate of drug-likeness (QED) is 0.428. The maximum Gasteiger partial charge on any atom is 0.344 e. The minimum absolute atomic E-state index is 0.130. The molecule has 0 aliphatic heterocycles. The van der Waals surface area contributed by atoms with E-state index < -0.39 is 11.9 Å². The first kappa shape index (κ1) is 22.6. The largest absolute Gasteiger partial charge is 0.482 e. The number of rotatable bonds is 11. The summed E-state index contributed by atoms with van der Waals surface area (Å²) in [5, 5.41) is 0. The van der Waals surface area contributed by atoms with E-state index >= 15 is 0 Å². The van der Waals surface area contributed by atoms with Gasteiger partial charge in [-0.15, -0.1) is 0 Å². The predicted octanol–water partition coefficient (Wildman–Crippen LogP) is 3.39. The van der Waals surface area contributed by atoms with Gasteiger partial charge < -0.3 is 18.9 Å². The summed E-state index contributed by atoms with van der Waals surface area (Å²) in [5.74, 6) is -0.729.